The van der Waals surface area contributed by atoms with Gasteiger partial charge in [-0.25, -0.2) is 0 Å². The van der Waals surface area contributed by atoms with Gasteiger partial charge in [-0.1, -0.05) is 44.2 Å². The van der Waals surface area contributed by atoms with Gasteiger partial charge in [-0.05, 0) is 25.3 Å². The first-order valence-corrected chi connectivity index (χ1v) is 9.36. The lowest BCUT2D eigenvalue weighted by Gasteiger charge is -2.36. The fourth-order valence-electron chi connectivity index (χ4n) is 4.23. The maximum absolute atomic E-state index is 13.5. The second-order valence-corrected chi connectivity index (χ2v) is 8.05. The number of amides is 2. The number of rotatable bonds is 3. The van der Waals surface area contributed by atoms with E-state index >= 15 is 0 Å². The van der Waals surface area contributed by atoms with E-state index in [0.717, 1.165) is 16.8 Å². The molecule has 5 nitrogen and oxygen atoms in total. The molecule has 0 saturated heterocycles. The Morgan fingerprint density at radius 2 is 1.92 bits per heavy atom. The van der Waals surface area contributed by atoms with E-state index in [0.29, 0.717) is 19.6 Å². The van der Waals surface area contributed by atoms with Gasteiger partial charge in [0.05, 0.1) is 17.2 Å². The van der Waals surface area contributed by atoms with E-state index in [-0.39, 0.29) is 23.8 Å². The van der Waals surface area contributed by atoms with Gasteiger partial charge in [0.1, 0.15) is 0 Å². The van der Waals surface area contributed by atoms with Crippen molar-refractivity contribution in [2.75, 3.05) is 13.1 Å². The van der Waals surface area contributed by atoms with Gasteiger partial charge in [0.25, 0.3) is 5.91 Å². The molecule has 1 atom stereocenters. The van der Waals surface area contributed by atoms with Gasteiger partial charge in [0.2, 0.25) is 5.91 Å². The predicted molar refractivity (Wildman–Crippen MR) is 102 cm³/mol. The van der Waals surface area contributed by atoms with Crippen LogP contribution in [0.5, 0.6) is 0 Å². The molecule has 2 aliphatic heterocycles. The van der Waals surface area contributed by atoms with Gasteiger partial charge < -0.3 is 15.1 Å². The Hall–Kier alpha value is -2.30. The number of hydrogen-bond donors (Lipinski definition) is 1. The number of benzene rings is 1. The zero-order valence-corrected chi connectivity index (χ0v) is 16.4. The topological polar surface area (TPSA) is 52.7 Å². The van der Waals surface area contributed by atoms with Crippen LogP contribution < -0.4 is 5.32 Å². The van der Waals surface area contributed by atoms with Gasteiger partial charge in [0, 0.05) is 32.3 Å². The minimum atomic E-state index is -0.428. The number of nitrogens with one attached hydrogen (secondary N) is 1. The highest BCUT2D eigenvalue weighted by Crippen LogP contribution is 2.40. The Labute approximate surface area is 156 Å². The molecule has 1 unspecified atom stereocenters. The fraction of sp³-hybridized carbons (Fsp3) is 0.524. The summed E-state index contributed by atoms with van der Waals surface area (Å²) in [6, 6.07) is 9.87. The number of nitrogens with zero attached hydrogens (tertiary/aromatic N) is 2. The Kier molecular flexibility index (Phi) is 4.82. The molecule has 3 rings (SSSR count). The molecule has 0 fully saturated rings. The summed E-state index contributed by atoms with van der Waals surface area (Å²) in [6.07, 6.45) is 0. The molecule has 0 aliphatic carbocycles. The van der Waals surface area contributed by atoms with Crippen molar-refractivity contribution in [2.24, 2.45) is 5.92 Å². The summed E-state index contributed by atoms with van der Waals surface area (Å²) in [6.45, 7) is 11.8. The molecule has 140 valence electrons. The molecule has 26 heavy (non-hydrogen) atoms. The Morgan fingerprint density at radius 1 is 1.27 bits per heavy atom. The molecular formula is C21H29N3O2. The number of hydrogen-bond acceptors (Lipinski definition) is 3. The monoisotopic (exact) mass is 355 g/mol. The molecule has 0 saturated carbocycles. The summed E-state index contributed by atoms with van der Waals surface area (Å²) in [5, 5.41) is 3.47. The first-order valence-electron chi connectivity index (χ1n) is 9.36. The largest absolute Gasteiger partial charge is 0.384 e. The van der Waals surface area contributed by atoms with E-state index < -0.39 is 5.54 Å². The summed E-state index contributed by atoms with van der Waals surface area (Å²) in [5.41, 5.74) is 2.41. The van der Waals surface area contributed by atoms with Crippen LogP contribution in [0.15, 0.2) is 41.6 Å². The van der Waals surface area contributed by atoms with Crippen LogP contribution in [0.3, 0.4) is 0 Å². The lowest BCUT2D eigenvalue weighted by atomic mass is 9.91. The van der Waals surface area contributed by atoms with Crippen molar-refractivity contribution in [1.82, 2.24) is 15.1 Å². The third-order valence-electron chi connectivity index (χ3n) is 5.54. The molecule has 2 heterocycles. The van der Waals surface area contributed by atoms with Crippen LogP contribution in [0.25, 0.3) is 0 Å². The zero-order chi connectivity index (χ0) is 19.1. The molecule has 1 N–H and O–H groups in total. The highest BCUT2D eigenvalue weighted by molar-refractivity contribution is 6.00. The molecule has 0 radical (unpaired) electrons. The van der Waals surface area contributed by atoms with E-state index in [9.17, 15) is 9.59 Å². The van der Waals surface area contributed by atoms with Crippen LogP contribution in [0, 0.1) is 5.92 Å². The average molecular weight is 355 g/mol. The van der Waals surface area contributed by atoms with E-state index in [1.807, 2.05) is 40.1 Å². The van der Waals surface area contributed by atoms with Gasteiger partial charge in [0.15, 0.2) is 0 Å². The summed E-state index contributed by atoms with van der Waals surface area (Å²) < 4.78 is 0. The smallest absolute Gasteiger partial charge is 0.254 e. The lowest BCUT2D eigenvalue weighted by molar-refractivity contribution is -0.133. The standard InChI is InChI=1S/C21H29N3O2/c1-14(2)18-17-19(22-11-12-23(18)15(3)25)21(4,5)24(20(17)26)13-16-9-7-6-8-10-16/h6-10,14,18,22H,11-13H2,1-5H3. The van der Waals surface area contributed by atoms with Crippen LogP contribution >= 0.6 is 0 Å². The number of carbonyl (C=O) groups is 2. The van der Waals surface area contributed by atoms with Gasteiger partial charge >= 0.3 is 0 Å². The minimum absolute atomic E-state index is 0.0198. The minimum Gasteiger partial charge on any atom is -0.384 e. The molecule has 0 bridgehead atoms. The van der Waals surface area contributed by atoms with Crippen LogP contribution in [-0.4, -0.2) is 46.3 Å². The van der Waals surface area contributed by atoms with Crippen molar-refractivity contribution < 1.29 is 9.59 Å². The molecule has 2 amide bonds. The van der Waals surface area contributed by atoms with Crippen molar-refractivity contribution in [3.63, 3.8) is 0 Å². The van der Waals surface area contributed by atoms with E-state index in [2.05, 4.69) is 33.0 Å². The van der Waals surface area contributed by atoms with Crippen LogP contribution in [0.4, 0.5) is 0 Å². The van der Waals surface area contributed by atoms with E-state index in [1.165, 1.54) is 0 Å². The SMILES string of the molecule is CC(=O)N1CCNC2=C(C(=O)N(Cc3ccccc3)C2(C)C)C1C(C)C. The third-order valence-corrected chi connectivity index (χ3v) is 5.54. The third kappa shape index (κ3) is 3.00. The normalized spacial score (nSPS) is 22.4. The van der Waals surface area contributed by atoms with Crippen molar-refractivity contribution in [2.45, 2.75) is 52.7 Å². The first kappa shape index (κ1) is 18.5. The maximum atomic E-state index is 13.5. The molecule has 1 aromatic rings. The molecule has 0 spiro atoms. The Balaban J connectivity index is 2.03. The Bertz CT molecular complexity index is 737. The molecule has 5 heteroatoms. The van der Waals surface area contributed by atoms with Gasteiger partial charge in [-0.3, -0.25) is 9.59 Å². The Morgan fingerprint density at radius 3 is 2.50 bits per heavy atom. The summed E-state index contributed by atoms with van der Waals surface area (Å²) in [7, 11) is 0. The van der Waals surface area contributed by atoms with E-state index in [1.54, 1.807) is 6.92 Å². The fourth-order valence-corrected chi connectivity index (χ4v) is 4.23. The highest BCUT2D eigenvalue weighted by Gasteiger charge is 2.50. The summed E-state index contributed by atoms with van der Waals surface area (Å²) in [4.78, 5) is 29.5. The predicted octanol–water partition coefficient (Wildman–Crippen LogP) is 2.54. The first-order chi connectivity index (χ1) is 12.2. The van der Waals surface area contributed by atoms with E-state index in [4.69, 9.17) is 0 Å². The van der Waals surface area contributed by atoms with Crippen molar-refractivity contribution in [3.8, 4) is 0 Å². The molecule has 1 aromatic carbocycles. The molecule has 2 aliphatic rings. The second-order valence-electron chi connectivity index (χ2n) is 8.05. The molecule has 0 aromatic heterocycles. The summed E-state index contributed by atoms with van der Waals surface area (Å²) in [5.74, 6) is 0.222. The maximum Gasteiger partial charge on any atom is 0.254 e. The molecular weight excluding hydrogens is 326 g/mol. The lowest BCUT2D eigenvalue weighted by Crippen LogP contribution is -2.49. The number of carbonyl (C=O) groups excluding carboxylic acids is 2. The van der Waals surface area contributed by atoms with Gasteiger partial charge in [-0.15, -0.1) is 0 Å². The van der Waals surface area contributed by atoms with Gasteiger partial charge in [-0.2, -0.15) is 0 Å². The summed E-state index contributed by atoms with van der Waals surface area (Å²) >= 11 is 0. The van der Waals surface area contributed by atoms with Crippen molar-refractivity contribution in [3.05, 3.63) is 47.2 Å². The van der Waals surface area contributed by atoms with Crippen LogP contribution in [-0.2, 0) is 16.1 Å². The van der Waals surface area contributed by atoms with Crippen LogP contribution in [0.1, 0.15) is 40.2 Å². The zero-order valence-electron chi connectivity index (χ0n) is 16.4. The quantitative estimate of drug-likeness (QED) is 0.907. The second kappa shape index (κ2) is 6.78. The van der Waals surface area contributed by atoms with Crippen LogP contribution in [0.2, 0.25) is 0 Å². The highest BCUT2D eigenvalue weighted by atomic mass is 16.2. The van der Waals surface area contributed by atoms with Crippen molar-refractivity contribution in [1.29, 1.82) is 0 Å². The average Bonchev–Trinajstić information content (AvgIpc) is 2.74. The van der Waals surface area contributed by atoms with Crippen molar-refractivity contribution >= 4 is 11.8 Å².